The molecule has 0 spiro atoms. The molecular formula is C22H21N7. The van der Waals surface area contributed by atoms with Crippen molar-refractivity contribution in [3.8, 4) is 22.8 Å². The van der Waals surface area contributed by atoms with E-state index in [1.165, 1.54) is 23.0 Å². The van der Waals surface area contributed by atoms with E-state index >= 15 is 0 Å². The number of hydrogen-bond acceptors (Lipinski definition) is 6. The molecule has 7 heteroatoms. The molecule has 4 N–H and O–H groups in total. The first kappa shape index (κ1) is 17.5. The molecule has 0 saturated carbocycles. The zero-order valence-corrected chi connectivity index (χ0v) is 15.8. The molecule has 4 aromatic rings. The van der Waals surface area contributed by atoms with Crippen molar-refractivity contribution in [2.75, 3.05) is 5.73 Å². The van der Waals surface area contributed by atoms with Crippen LogP contribution in [0.25, 0.3) is 22.8 Å². The van der Waals surface area contributed by atoms with Crippen LogP contribution in [0.3, 0.4) is 0 Å². The highest BCUT2D eigenvalue weighted by Gasteiger charge is 2.21. The summed E-state index contributed by atoms with van der Waals surface area (Å²) >= 11 is 0. The van der Waals surface area contributed by atoms with Crippen LogP contribution in [0.5, 0.6) is 0 Å². The minimum atomic E-state index is 0.322. The average Bonchev–Trinajstić information content (AvgIpc) is 3.43. The fourth-order valence-electron chi connectivity index (χ4n) is 3.88. The Balaban J connectivity index is 1.36. The third-order valence-corrected chi connectivity index (χ3v) is 5.35. The monoisotopic (exact) mass is 383 g/mol. The number of aryl methyl sites for hydroxylation is 1. The number of nitrogens with zero attached hydrogens (tertiary/aromatic N) is 4. The number of rotatable bonds is 5. The number of nitrogen functional groups attached to an aromatic ring is 1. The lowest BCUT2D eigenvalue weighted by Crippen LogP contribution is -2.18. The van der Waals surface area contributed by atoms with Crippen molar-refractivity contribution in [3.63, 3.8) is 0 Å². The quantitative estimate of drug-likeness (QED) is 0.488. The first-order valence-electron chi connectivity index (χ1n) is 9.67. The topological polar surface area (TPSA) is 105 Å². The van der Waals surface area contributed by atoms with Crippen molar-refractivity contribution in [1.82, 2.24) is 30.5 Å². The minimum Gasteiger partial charge on any atom is -0.382 e. The maximum atomic E-state index is 5.97. The second kappa shape index (κ2) is 7.44. The second-order valence-corrected chi connectivity index (χ2v) is 7.20. The van der Waals surface area contributed by atoms with E-state index in [9.17, 15) is 0 Å². The fraction of sp³-hybridized carbons (Fsp3) is 0.182. The Bertz CT molecular complexity index is 1140. The van der Waals surface area contributed by atoms with Crippen molar-refractivity contribution in [1.29, 1.82) is 0 Å². The number of nitrogens with one attached hydrogen (secondary N) is 2. The molecule has 5 rings (SSSR count). The van der Waals surface area contributed by atoms with Gasteiger partial charge in [0.2, 0.25) is 0 Å². The molecule has 0 radical (unpaired) electrons. The summed E-state index contributed by atoms with van der Waals surface area (Å²) in [4.78, 5) is 11.9. The van der Waals surface area contributed by atoms with Crippen molar-refractivity contribution in [2.45, 2.75) is 25.4 Å². The average molecular weight is 383 g/mol. The lowest BCUT2D eigenvalue weighted by molar-refractivity contribution is 0.530. The smallest absolute Gasteiger partial charge is 0.183 e. The van der Waals surface area contributed by atoms with Gasteiger partial charge in [-0.05, 0) is 35.6 Å². The number of hydrogen-bond donors (Lipinski definition) is 3. The molecule has 7 nitrogen and oxygen atoms in total. The molecule has 1 aliphatic carbocycles. The van der Waals surface area contributed by atoms with Crippen LogP contribution < -0.4 is 11.1 Å². The van der Waals surface area contributed by atoms with Crippen molar-refractivity contribution < 1.29 is 0 Å². The number of aromatic nitrogens is 5. The summed E-state index contributed by atoms with van der Waals surface area (Å²) in [5.41, 5.74) is 12.3. The van der Waals surface area contributed by atoms with Gasteiger partial charge in [0.15, 0.2) is 17.3 Å². The zero-order valence-electron chi connectivity index (χ0n) is 15.8. The molecule has 0 saturated heterocycles. The summed E-state index contributed by atoms with van der Waals surface area (Å²) in [6.07, 6.45) is 5.47. The van der Waals surface area contributed by atoms with Gasteiger partial charge in [0.1, 0.15) is 6.33 Å². The molecule has 0 aliphatic heterocycles. The molecular weight excluding hydrogens is 362 g/mol. The summed E-state index contributed by atoms with van der Waals surface area (Å²) in [5.74, 6) is 0.831. The Morgan fingerprint density at radius 1 is 1.14 bits per heavy atom. The van der Waals surface area contributed by atoms with E-state index in [2.05, 4.69) is 66.9 Å². The number of anilines is 1. The second-order valence-electron chi connectivity index (χ2n) is 7.20. The van der Waals surface area contributed by atoms with Crippen LogP contribution in [-0.4, -0.2) is 25.1 Å². The third kappa shape index (κ3) is 3.48. The van der Waals surface area contributed by atoms with Crippen LogP contribution in [0.1, 0.15) is 29.2 Å². The van der Waals surface area contributed by atoms with Crippen LogP contribution in [0, 0.1) is 0 Å². The molecule has 1 aliphatic rings. The summed E-state index contributed by atoms with van der Waals surface area (Å²) < 4.78 is 0. The number of aromatic amines is 1. The van der Waals surface area contributed by atoms with Gasteiger partial charge in [-0.25, -0.2) is 9.97 Å². The number of benzene rings is 2. The molecule has 2 heterocycles. The largest absolute Gasteiger partial charge is 0.382 e. The Morgan fingerprint density at radius 3 is 2.97 bits per heavy atom. The van der Waals surface area contributed by atoms with Crippen LogP contribution in [0.2, 0.25) is 0 Å². The molecule has 144 valence electrons. The summed E-state index contributed by atoms with van der Waals surface area (Å²) in [6.45, 7) is 0.796. The lowest BCUT2D eigenvalue weighted by atomic mass is 10.1. The van der Waals surface area contributed by atoms with Gasteiger partial charge in [0, 0.05) is 18.2 Å². The fourth-order valence-corrected chi connectivity index (χ4v) is 3.88. The predicted molar refractivity (Wildman–Crippen MR) is 112 cm³/mol. The van der Waals surface area contributed by atoms with E-state index in [4.69, 9.17) is 5.73 Å². The molecule has 0 fully saturated rings. The van der Waals surface area contributed by atoms with E-state index in [-0.39, 0.29) is 0 Å². The molecule has 1 atom stereocenters. The molecule has 0 amide bonds. The Labute approximate surface area is 168 Å². The van der Waals surface area contributed by atoms with Gasteiger partial charge >= 0.3 is 0 Å². The van der Waals surface area contributed by atoms with Gasteiger partial charge < -0.3 is 16.0 Å². The van der Waals surface area contributed by atoms with Crippen molar-refractivity contribution in [2.24, 2.45) is 0 Å². The van der Waals surface area contributed by atoms with Crippen LogP contribution in [-0.2, 0) is 13.0 Å². The summed E-state index contributed by atoms with van der Waals surface area (Å²) in [7, 11) is 0. The first-order valence-corrected chi connectivity index (χ1v) is 9.67. The van der Waals surface area contributed by atoms with E-state index in [1.807, 2.05) is 12.1 Å². The van der Waals surface area contributed by atoms with E-state index in [0.717, 1.165) is 30.6 Å². The Hall–Kier alpha value is -3.58. The zero-order chi connectivity index (χ0) is 19.6. The molecule has 0 bridgehead atoms. The Morgan fingerprint density at radius 2 is 2.07 bits per heavy atom. The highest BCUT2D eigenvalue weighted by atomic mass is 15.2. The van der Waals surface area contributed by atoms with Gasteiger partial charge in [-0.3, -0.25) is 0 Å². The van der Waals surface area contributed by atoms with Crippen LogP contribution in [0.4, 0.5) is 5.82 Å². The predicted octanol–water partition coefficient (Wildman–Crippen LogP) is 3.29. The van der Waals surface area contributed by atoms with Gasteiger partial charge in [0.05, 0.1) is 11.9 Å². The SMILES string of the molecule is Nc1ncc(-c2cccc(CN[C@H]3CCc4ccccc43)c2)nc1-c1nnc[nH]1. The number of nitrogens with two attached hydrogens (primary N) is 1. The first-order chi connectivity index (χ1) is 14.3. The molecule has 2 aromatic heterocycles. The maximum absolute atomic E-state index is 5.97. The summed E-state index contributed by atoms with van der Waals surface area (Å²) in [5, 5.41) is 11.5. The van der Waals surface area contributed by atoms with Gasteiger partial charge in [0.25, 0.3) is 0 Å². The molecule has 29 heavy (non-hydrogen) atoms. The molecule has 2 aromatic carbocycles. The van der Waals surface area contributed by atoms with Gasteiger partial charge in [-0.1, -0.05) is 42.5 Å². The highest BCUT2D eigenvalue weighted by Crippen LogP contribution is 2.31. The normalized spacial score (nSPS) is 15.4. The number of fused-ring (bicyclic) bond motifs is 1. The summed E-state index contributed by atoms with van der Waals surface area (Å²) in [6, 6.07) is 17.4. The van der Waals surface area contributed by atoms with E-state index in [1.54, 1.807) is 6.20 Å². The van der Waals surface area contributed by atoms with Gasteiger partial charge in [-0.2, -0.15) is 0 Å². The minimum absolute atomic E-state index is 0.322. The Kier molecular flexibility index (Phi) is 4.50. The maximum Gasteiger partial charge on any atom is 0.183 e. The van der Waals surface area contributed by atoms with Crippen LogP contribution >= 0.6 is 0 Å². The van der Waals surface area contributed by atoms with Crippen molar-refractivity contribution >= 4 is 5.82 Å². The standard InChI is InChI=1S/C22H21N7/c23-21-20(22-26-13-27-29-22)28-19(12-25-21)16-6-3-4-14(10-16)11-24-18-9-8-15-5-1-2-7-17(15)18/h1-7,10,12-13,18,24H,8-9,11H2,(H2,23,25)(H,26,27,29)/t18-/m0/s1. The van der Waals surface area contributed by atoms with Crippen LogP contribution in [0.15, 0.2) is 61.1 Å². The van der Waals surface area contributed by atoms with E-state index in [0.29, 0.717) is 23.4 Å². The van der Waals surface area contributed by atoms with E-state index < -0.39 is 0 Å². The third-order valence-electron chi connectivity index (χ3n) is 5.35. The number of H-pyrrole nitrogens is 1. The lowest BCUT2D eigenvalue weighted by Gasteiger charge is -2.14. The van der Waals surface area contributed by atoms with Crippen molar-refractivity contribution in [3.05, 3.63) is 77.7 Å². The van der Waals surface area contributed by atoms with Gasteiger partial charge in [-0.15, -0.1) is 10.2 Å². The highest BCUT2D eigenvalue weighted by molar-refractivity contribution is 5.68. The molecule has 0 unspecified atom stereocenters.